The Morgan fingerprint density at radius 2 is 0.473 bits per heavy atom. The van der Waals surface area contributed by atoms with E-state index in [9.17, 15) is 43.2 Å². The molecule has 0 aromatic heterocycles. The molecule has 0 rings (SSSR count). The van der Waals surface area contributed by atoms with Gasteiger partial charge in [-0.2, -0.15) is 0 Å². The number of hydrogen-bond acceptors (Lipinski definition) is 15. The van der Waals surface area contributed by atoms with Crippen molar-refractivity contribution in [3.05, 3.63) is 146 Å². The van der Waals surface area contributed by atoms with Gasteiger partial charge in [0.2, 0.25) is 0 Å². The second-order valence-electron chi connectivity index (χ2n) is 28.4. The predicted octanol–water partition coefficient (Wildman–Crippen LogP) is 25.8. The first-order chi connectivity index (χ1) is 53.7. The summed E-state index contributed by atoms with van der Waals surface area (Å²) >= 11 is 0. The van der Waals surface area contributed by atoms with Crippen LogP contribution >= 0.6 is 15.6 Å². The fourth-order valence-corrected chi connectivity index (χ4v) is 12.8. The number of aliphatic hydroxyl groups excluding tert-OH is 1. The number of carbonyl (C=O) groups excluding carboxylic acids is 4. The van der Waals surface area contributed by atoms with Crippen LogP contribution < -0.4 is 0 Å². The molecule has 0 spiro atoms. The zero-order chi connectivity index (χ0) is 80.3. The molecule has 110 heavy (non-hydrogen) atoms. The minimum atomic E-state index is -5.00. The number of allylic oxidation sites excluding steroid dienone is 24. The Labute approximate surface area is 668 Å². The lowest BCUT2D eigenvalue weighted by molar-refractivity contribution is -0.161. The molecule has 5 atom stereocenters. The Morgan fingerprint density at radius 3 is 0.727 bits per heavy atom. The van der Waals surface area contributed by atoms with Gasteiger partial charge in [-0.15, -0.1) is 0 Å². The van der Waals surface area contributed by atoms with E-state index in [1.165, 1.54) is 38.5 Å². The van der Waals surface area contributed by atoms with Crippen LogP contribution in [0.5, 0.6) is 0 Å². The van der Waals surface area contributed by atoms with Crippen LogP contribution in [-0.2, 0) is 65.4 Å². The number of rotatable bonds is 80. The van der Waals surface area contributed by atoms with Crippen molar-refractivity contribution in [1.82, 2.24) is 0 Å². The first kappa shape index (κ1) is 105. The lowest BCUT2D eigenvalue weighted by Gasteiger charge is -2.21. The van der Waals surface area contributed by atoms with Crippen LogP contribution in [0.1, 0.15) is 349 Å². The van der Waals surface area contributed by atoms with Gasteiger partial charge >= 0.3 is 39.5 Å². The van der Waals surface area contributed by atoms with Crippen molar-refractivity contribution in [1.29, 1.82) is 0 Å². The summed E-state index contributed by atoms with van der Waals surface area (Å²) in [4.78, 5) is 73.3. The SMILES string of the molecule is CC/C=C\C/C=C\C/C=C\C/C=C\CCCCCCCCC(=O)OCC(COP(=O)(O)OCC(O)COP(=O)(O)OCC(COC(=O)CCCCCCCCC/C=C\C/C=C\C/C=C\CC)OC(=O)CCCCCCC/C=C\C/C=C\CCCCC)OC(=O)CCCCCCCC/C=C\C/C=C\C/C=C\CCCCC. The second-order valence-corrected chi connectivity index (χ2v) is 31.3. The van der Waals surface area contributed by atoms with Crippen LogP contribution in [0.4, 0.5) is 0 Å². The molecule has 0 aliphatic heterocycles. The van der Waals surface area contributed by atoms with Crippen molar-refractivity contribution in [2.75, 3.05) is 39.6 Å². The van der Waals surface area contributed by atoms with Crippen molar-refractivity contribution in [2.45, 2.75) is 367 Å². The highest BCUT2D eigenvalue weighted by Crippen LogP contribution is 2.45. The lowest BCUT2D eigenvalue weighted by Crippen LogP contribution is -2.30. The predicted molar refractivity (Wildman–Crippen MR) is 454 cm³/mol. The number of esters is 4. The van der Waals surface area contributed by atoms with Gasteiger partial charge in [-0.25, -0.2) is 9.13 Å². The van der Waals surface area contributed by atoms with Crippen LogP contribution in [0.3, 0.4) is 0 Å². The molecule has 5 unspecified atom stereocenters. The topological polar surface area (TPSA) is 237 Å². The summed E-state index contributed by atoms with van der Waals surface area (Å²) in [7, 11) is -9.99. The summed E-state index contributed by atoms with van der Waals surface area (Å²) in [6.45, 7) is 4.58. The van der Waals surface area contributed by atoms with Gasteiger partial charge in [-0.3, -0.25) is 37.3 Å². The molecule has 0 heterocycles. The van der Waals surface area contributed by atoms with E-state index in [2.05, 4.69) is 174 Å². The van der Waals surface area contributed by atoms with Gasteiger partial charge in [0.15, 0.2) is 12.2 Å². The van der Waals surface area contributed by atoms with Crippen LogP contribution in [-0.4, -0.2) is 96.7 Å². The fourth-order valence-electron chi connectivity index (χ4n) is 11.3. The smallest absolute Gasteiger partial charge is 0.462 e. The standard InChI is InChI=1S/C91H154O17P2/c1-5-9-13-17-21-25-29-33-37-40-42-45-49-52-56-60-64-68-72-76-89(94)102-82-87(108-91(96)78-74-70-66-62-58-54-50-46-43-41-38-34-30-26-22-18-14-10-6-2)84-106-110(99,100)104-80-85(92)79-103-109(97,98)105-83-86(107-90(95)77-73-69-65-61-57-53-47-36-32-28-24-20-16-12-8-4)81-101-88(93)75-71-67-63-59-55-51-48-44-39-35-31-27-23-19-15-11-7-3/h9,11,13,15,21-28,33-39,42-43,45-47,85-87,92H,5-8,10,12,14,16-20,29-32,40-41,44,48-84H2,1-4H3,(H,97,98)(H,99,100)/b13-9-,15-11-,25-21-,26-22-,27-23-,28-24-,37-33-,38-34-,39-35-,45-42-,46-43-,47-36-. The fraction of sp³-hybridized carbons (Fsp3) is 0.692. The molecule has 0 aromatic carbocycles. The number of hydrogen-bond donors (Lipinski definition) is 3. The van der Waals surface area contributed by atoms with Gasteiger partial charge in [0.05, 0.1) is 26.4 Å². The Bertz CT molecular complexity index is 2650. The Hall–Kier alpha value is -5.06. The quantitative estimate of drug-likeness (QED) is 0.0169. The third-order valence-corrected chi connectivity index (χ3v) is 19.7. The number of ether oxygens (including phenoxy) is 4. The molecule has 17 nitrogen and oxygen atoms in total. The molecule has 3 N–H and O–H groups in total. The molecule has 0 saturated heterocycles. The zero-order valence-electron chi connectivity index (χ0n) is 69.1. The van der Waals surface area contributed by atoms with E-state index in [0.717, 1.165) is 231 Å². The molecule has 0 saturated carbocycles. The average Bonchev–Trinajstić information content (AvgIpc) is 0.900. The summed E-state index contributed by atoms with van der Waals surface area (Å²) in [6.07, 6.45) is 95.1. The van der Waals surface area contributed by atoms with Gasteiger partial charge in [-0.05, 0) is 167 Å². The summed E-state index contributed by atoms with van der Waals surface area (Å²) in [5.41, 5.74) is 0. The van der Waals surface area contributed by atoms with Gasteiger partial charge in [0, 0.05) is 25.7 Å². The number of carbonyl (C=O) groups is 4. The number of phosphoric ester groups is 2. The lowest BCUT2D eigenvalue weighted by atomic mass is 10.1. The highest BCUT2D eigenvalue weighted by atomic mass is 31.2. The number of unbranched alkanes of at least 4 members (excludes halogenated alkanes) is 30. The normalized spacial score (nSPS) is 14.5. The van der Waals surface area contributed by atoms with Gasteiger partial charge < -0.3 is 33.8 Å². The largest absolute Gasteiger partial charge is 0.472 e. The summed E-state index contributed by atoms with van der Waals surface area (Å²) in [5.74, 6) is -2.22. The number of aliphatic hydroxyl groups is 1. The van der Waals surface area contributed by atoms with Crippen molar-refractivity contribution in [3.63, 3.8) is 0 Å². The maximum atomic E-state index is 13.2. The molecule has 0 amide bonds. The average molecular weight is 1580 g/mol. The minimum Gasteiger partial charge on any atom is -0.462 e. The van der Waals surface area contributed by atoms with E-state index in [0.29, 0.717) is 25.7 Å². The van der Waals surface area contributed by atoms with Crippen molar-refractivity contribution >= 4 is 39.5 Å². The molecule has 0 aliphatic carbocycles. The van der Waals surface area contributed by atoms with Gasteiger partial charge in [0.1, 0.15) is 19.3 Å². The second kappa shape index (κ2) is 81.9. The van der Waals surface area contributed by atoms with E-state index in [1.54, 1.807) is 0 Å². The maximum Gasteiger partial charge on any atom is 0.472 e. The first-order valence-corrected chi connectivity index (χ1v) is 46.1. The molecule has 0 aliphatic rings. The maximum absolute atomic E-state index is 13.2. The molecule has 630 valence electrons. The van der Waals surface area contributed by atoms with Crippen molar-refractivity contribution < 1.29 is 80.2 Å². The van der Waals surface area contributed by atoms with Crippen LogP contribution in [0.15, 0.2) is 146 Å². The third kappa shape index (κ3) is 81.0. The van der Waals surface area contributed by atoms with E-state index < -0.39 is 97.5 Å². The summed E-state index contributed by atoms with van der Waals surface area (Å²) in [5, 5.41) is 10.7. The Balaban J connectivity index is 5.42. The molecule has 19 heteroatoms. The molecule has 0 radical (unpaired) electrons. The highest BCUT2D eigenvalue weighted by Gasteiger charge is 2.30. The van der Waals surface area contributed by atoms with Gasteiger partial charge in [-0.1, -0.05) is 302 Å². The summed E-state index contributed by atoms with van der Waals surface area (Å²) in [6, 6.07) is 0. The Kier molecular flexibility index (Phi) is 78.2. The van der Waals surface area contributed by atoms with E-state index >= 15 is 0 Å². The Morgan fingerprint density at radius 1 is 0.264 bits per heavy atom. The van der Waals surface area contributed by atoms with E-state index in [4.69, 9.17) is 37.0 Å². The molecular weight excluding hydrogens is 1430 g/mol. The van der Waals surface area contributed by atoms with Crippen molar-refractivity contribution in [3.8, 4) is 0 Å². The first-order valence-electron chi connectivity index (χ1n) is 43.1. The molecular formula is C91H154O17P2. The highest BCUT2D eigenvalue weighted by molar-refractivity contribution is 7.47. The number of phosphoric acid groups is 2. The van der Waals surface area contributed by atoms with E-state index in [1.807, 2.05) is 0 Å². The van der Waals surface area contributed by atoms with Crippen LogP contribution in [0.25, 0.3) is 0 Å². The minimum absolute atomic E-state index is 0.0731. The molecule has 0 aromatic rings. The van der Waals surface area contributed by atoms with Crippen LogP contribution in [0.2, 0.25) is 0 Å². The monoisotopic (exact) mass is 1580 g/mol. The van der Waals surface area contributed by atoms with Crippen LogP contribution in [0, 0.1) is 0 Å². The molecule has 0 fully saturated rings. The molecule has 0 bridgehead atoms. The van der Waals surface area contributed by atoms with Crippen molar-refractivity contribution in [2.24, 2.45) is 0 Å². The summed E-state index contributed by atoms with van der Waals surface area (Å²) < 4.78 is 68.8. The van der Waals surface area contributed by atoms with Gasteiger partial charge in [0.25, 0.3) is 0 Å². The third-order valence-electron chi connectivity index (χ3n) is 17.8. The van der Waals surface area contributed by atoms with E-state index in [-0.39, 0.29) is 25.7 Å². The zero-order valence-corrected chi connectivity index (χ0v) is 70.9.